The van der Waals surface area contributed by atoms with E-state index in [2.05, 4.69) is 15.0 Å². The van der Waals surface area contributed by atoms with Gasteiger partial charge in [0, 0.05) is 32.1 Å². The Morgan fingerprint density at radius 2 is 2.04 bits per heavy atom. The molecule has 3 heterocycles. The van der Waals surface area contributed by atoms with Gasteiger partial charge in [0.1, 0.15) is 5.82 Å². The van der Waals surface area contributed by atoms with E-state index in [1.165, 1.54) is 12.4 Å². The number of piperidine rings is 1. The molecule has 7 nitrogen and oxygen atoms in total. The van der Waals surface area contributed by atoms with Gasteiger partial charge in [-0.1, -0.05) is 6.07 Å². The molecular formula is C16H18N4O3. The molecule has 1 saturated carbocycles. The van der Waals surface area contributed by atoms with Crippen LogP contribution in [0.2, 0.25) is 0 Å². The third-order valence-corrected chi connectivity index (χ3v) is 4.94. The van der Waals surface area contributed by atoms with Gasteiger partial charge in [0.25, 0.3) is 0 Å². The number of aromatic nitrogens is 3. The van der Waals surface area contributed by atoms with Crippen LogP contribution in [0.5, 0.6) is 0 Å². The molecule has 3 atom stereocenters. The maximum absolute atomic E-state index is 10.8. The normalized spacial score (nSPS) is 25.4. The Morgan fingerprint density at radius 1 is 1.26 bits per heavy atom. The van der Waals surface area contributed by atoms with Crippen molar-refractivity contribution in [1.82, 2.24) is 14.8 Å². The maximum atomic E-state index is 10.8. The highest BCUT2D eigenvalue weighted by Crippen LogP contribution is 2.51. The summed E-state index contributed by atoms with van der Waals surface area (Å²) in [7, 11) is 0. The van der Waals surface area contributed by atoms with Gasteiger partial charge in [-0.05, 0) is 29.4 Å². The minimum atomic E-state index is -0.974. The first-order valence-corrected chi connectivity index (χ1v) is 7.72. The summed E-state index contributed by atoms with van der Waals surface area (Å²) in [6.07, 6.45) is 4.67. The van der Waals surface area contributed by atoms with Crippen molar-refractivity contribution in [2.75, 3.05) is 24.6 Å². The molecule has 2 aromatic rings. The highest BCUT2D eigenvalue weighted by Gasteiger charge is 2.55. The highest BCUT2D eigenvalue weighted by molar-refractivity contribution is 5.86. The number of aliphatic hydroxyl groups is 1. The van der Waals surface area contributed by atoms with Crippen LogP contribution in [0.15, 0.2) is 30.7 Å². The number of anilines is 1. The third-order valence-electron chi connectivity index (χ3n) is 4.94. The van der Waals surface area contributed by atoms with Crippen LogP contribution in [0.25, 0.3) is 0 Å². The van der Waals surface area contributed by atoms with Crippen LogP contribution < -0.4 is 4.90 Å². The van der Waals surface area contributed by atoms with E-state index in [9.17, 15) is 9.90 Å². The number of rotatable bonds is 5. The molecule has 1 aliphatic heterocycles. The Balaban J connectivity index is 1.39. The van der Waals surface area contributed by atoms with Gasteiger partial charge in [-0.15, -0.1) is 0 Å². The second-order valence-electron chi connectivity index (χ2n) is 6.34. The summed E-state index contributed by atoms with van der Waals surface area (Å²) in [6, 6.07) is 3.99. The standard InChI is InChI=1S/C16H18N4O3/c21-9-14-12-7-19(8-13(12)14)15-2-1-10(3-17-15)5-20-6-11(4-18-20)16(22)23/h1-4,6,12-14,21H,5,7-9H2,(H,22,23)/t12-,13+,14+. The van der Waals surface area contributed by atoms with Crippen LogP contribution in [-0.2, 0) is 6.54 Å². The van der Waals surface area contributed by atoms with Crippen LogP contribution in [0.4, 0.5) is 5.82 Å². The molecular weight excluding hydrogens is 296 g/mol. The van der Waals surface area contributed by atoms with E-state index >= 15 is 0 Å². The minimum Gasteiger partial charge on any atom is -0.478 e. The molecule has 0 spiro atoms. The average Bonchev–Trinajstić information content (AvgIpc) is 2.94. The molecule has 0 amide bonds. The molecule has 4 rings (SSSR count). The Hall–Kier alpha value is -2.41. The number of carboxylic acid groups (broad SMARTS) is 1. The smallest absolute Gasteiger partial charge is 0.338 e. The molecule has 120 valence electrons. The van der Waals surface area contributed by atoms with Crippen molar-refractivity contribution in [1.29, 1.82) is 0 Å². The quantitative estimate of drug-likeness (QED) is 0.844. The third kappa shape index (κ3) is 2.57. The largest absolute Gasteiger partial charge is 0.478 e. The van der Waals surface area contributed by atoms with E-state index in [1.807, 2.05) is 18.3 Å². The minimum absolute atomic E-state index is 0.185. The second kappa shape index (κ2) is 5.34. The van der Waals surface area contributed by atoms with Gasteiger partial charge in [-0.3, -0.25) is 4.68 Å². The summed E-state index contributed by atoms with van der Waals surface area (Å²) in [5.41, 5.74) is 1.16. The van der Waals surface area contributed by atoms with Gasteiger partial charge in [-0.25, -0.2) is 9.78 Å². The van der Waals surface area contributed by atoms with E-state index in [-0.39, 0.29) is 5.56 Å². The zero-order valence-electron chi connectivity index (χ0n) is 12.5. The van der Waals surface area contributed by atoms with E-state index in [0.717, 1.165) is 24.5 Å². The number of carboxylic acids is 1. The predicted molar refractivity (Wildman–Crippen MR) is 82.3 cm³/mol. The number of aromatic carboxylic acids is 1. The van der Waals surface area contributed by atoms with Crippen molar-refractivity contribution < 1.29 is 15.0 Å². The van der Waals surface area contributed by atoms with Crippen molar-refractivity contribution in [2.45, 2.75) is 6.54 Å². The lowest BCUT2D eigenvalue weighted by molar-refractivity contribution is 0.0696. The van der Waals surface area contributed by atoms with Gasteiger partial charge in [0.05, 0.1) is 18.3 Å². The zero-order chi connectivity index (χ0) is 16.0. The molecule has 7 heteroatoms. The van der Waals surface area contributed by atoms with Crippen LogP contribution in [0.3, 0.4) is 0 Å². The first kappa shape index (κ1) is 14.2. The molecule has 0 aromatic carbocycles. The predicted octanol–water partition coefficient (Wildman–Crippen LogP) is 0.699. The van der Waals surface area contributed by atoms with Crippen molar-refractivity contribution in [3.05, 3.63) is 41.9 Å². The lowest BCUT2D eigenvalue weighted by Crippen LogP contribution is -2.25. The van der Waals surface area contributed by atoms with E-state index < -0.39 is 5.97 Å². The molecule has 2 fully saturated rings. The van der Waals surface area contributed by atoms with Crippen molar-refractivity contribution in [3.8, 4) is 0 Å². The Kier molecular flexibility index (Phi) is 3.30. The fourth-order valence-corrected chi connectivity index (χ4v) is 3.55. The van der Waals surface area contributed by atoms with Crippen LogP contribution in [0.1, 0.15) is 15.9 Å². The van der Waals surface area contributed by atoms with Gasteiger partial charge in [-0.2, -0.15) is 5.10 Å². The molecule has 1 saturated heterocycles. The number of pyridine rings is 1. The highest BCUT2D eigenvalue weighted by atomic mass is 16.4. The number of hydrogen-bond acceptors (Lipinski definition) is 5. The van der Waals surface area contributed by atoms with Gasteiger partial charge >= 0.3 is 5.97 Å². The SMILES string of the molecule is O=C(O)c1cnn(Cc2ccc(N3C[C@@H]4[C@@H](CO)[C@@H]4C3)nc2)c1. The van der Waals surface area contributed by atoms with E-state index in [1.54, 1.807) is 4.68 Å². The number of carbonyl (C=O) groups is 1. The number of nitrogens with zero attached hydrogens (tertiary/aromatic N) is 4. The first-order valence-electron chi connectivity index (χ1n) is 7.72. The lowest BCUT2D eigenvalue weighted by Gasteiger charge is -2.20. The van der Waals surface area contributed by atoms with Crippen molar-refractivity contribution >= 4 is 11.8 Å². The summed E-state index contributed by atoms with van der Waals surface area (Å²) in [4.78, 5) is 17.6. The number of fused-ring (bicyclic) bond motifs is 1. The average molecular weight is 314 g/mol. The molecule has 0 bridgehead atoms. The topological polar surface area (TPSA) is 91.5 Å². The fraction of sp³-hybridized carbons (Fsp3) is 0.438. The summed E-state index contributed by atoms with van der Waals surface area (Å²) < 4.78 is 1.59. The Bertz CT molecular complexity index is 715. The summed E-state index contributed by atoms with van der Waals surface area (Å²) in [5.74, 6) is 1.73. The second-order valence-corrected chi connectivity index (χ2v) is 6.34. The van der Waals surface area contributed by atoms with Crippen molar-refractivity contribution in [3.63, 3.8) is 0 Å². The monoisotopic (exact) mass is 314 g/mol. The lowest BCUT2D eigenvalue weighted by atomic mass is 10.2. The summed E-state index contributed by atoms with van der Waals surface area (Å²) in [6.45, 7) is 2.75. The molecule has 23 heavy (non-hydrogen) atoms. The zero-order valence-corrected chi connectivity index (χ0v) is 12.5. The molecule has 2 N–H and O–H groups in total. The Morgan fingerprint density at radius 3 is 2.61 bits per heavy atom. The summed E-state index contributed by atoms with van der Waals surface area (Å²) in [5, 5.41) is 22.1. The van der Waals surface area contributed by atoms with Crippen LogP contribution in [0, 0.1) is 17.8 Å². The van der Waals surface area contributed by atoms with E-state index in [0.29, 0.717) is 30.9 Å². The molecule has 0 radical (unpaired) electrons. The van der Waals surface area contributed by atoms with Gasteiger partial charge in [0.15, 0.2) is 0 Å². The maximum Gasteiger partial charge on any atom is 0.338 e. The molecule has 2 aliphatic rings. The molecule has 1 aliphatic carbocycles. The van der Waals surface area contributed by atoms with Gasteiger partial charge < -0.3 is 15.1 Å². The number of aliphatic hydroxyl groups excluding tert-OH is 1. The Labute approximate surface area is 133 Å². The van der Waals surface area contributed by atoms with Crippen molar-refractivity contribution in [2.24, 2.45) is 17.8 Å². The van der Waals surface area contributed by atoms with E-state index in [4.69, 9.17) is 5.11 Å². The van der Waals surface area contributed by atoms with Crippen LogP contribution in [-0.4, -0.2) is 50.6 Å². The number of hydrogen-bond donors (Lipinski definition) is 2. The van der Waals surface area contributed by atoms with Gasteiger partial charge in [0.2, 0.25) is 0 Å². The first-order chi connectivity index (χ1) is 11.2. The fourth-order valence-electron chi connectivity index (χ4n) is 3.55. The molecule has 0 unspecified atom stereocenters. The molecule has 2 aromatic heterocycles. The summed E-state index contributed by atoms with van der Waals surface area (Å²) >= 11 is 0. The van der Waals surface area contributed by atoms with Crippen LogP contribution >= 0.6 is 0 Å².